The zero-order valence-corrected chi connectivity index (χ0v) is 15.8. The van der Waals surface area contributed by atoms with Crippen LogP contribution in [0.15, 0.2) is 24.3 Å². The molecule has 2 rings (SSSR count). The van der Waals surface area contributed by atoms with Crippen LogP contribution in [0, 0.1) is 0 Å². The Morgan fingerprint density at radius 3 is 1.96 bits per heavy atom. The van der Waals surface area contributed by atoms with Crippen LogP contribution in [0.5, 0.6) is 0 Å². The van der Waals surface area contributed by atoms with Crippen LogP contribution in [-0.2, 0) is 0 Å². The molecule has 1 N–H and O–H groups in total. The van der Waals surface area contributed by atoms with Crippen molar-refractivity contribution >= 4 is 11.8 Å². The lowest BCUT2D eigenvalue weighted by Crippen LogP contribution is -2.46. The van der Waals surface area contributed by atoms with Gasteiger partial charge in [0.1, 0.15) is 0 Å². The molecular weight excluding hydrogens is 314 g/mol. The fraction of sp³-hybridized carbons (Fsp3) is 0.600. The van der Waals surface area contributed by atoms with E-state index in [1.165, 1.54) is 0 Å². The van der Waals surface area contributed by atoms with Gasteiger partial charge in [0.25, 0.3) is 11.8 Å². The van der Waals surface area contributed by atoms with E-state index in [1.807, 2.05) is 18.7 Å². The summed E-state index contributed by atoms with van der Waals surface area (Å²) >= 11 is 0. The maximum absolute atomic E-state index is 13.0. The molecule has 25 heavy (non-hydrogen) atoms. The Hall–Kier alpha value is -1.88. The molecule has 1 aromatic carbocycles. The zero-order valence-electron chi connectivity index (χ0n) is 15.8. The van der Waals surface area contributed by atoms with Crippen molar-refractivity contribution in [3.05, 3.63) is 35.4 Å². The van der Waals surface area contributed by atoms with E-state index in [1.54, 1.807) is 29.2 Å². The van der Waals surface area contributed by atoms with E-state index in [-0.39, 0.29) is 11.8 Å². The lowest BCUT2D eigenvalue weighted by atomic mass is 10.0. The summed E-state index contributed by atoms with van der Waals surface area (Å²) in [6.07, 6.45) is 2.96. The predicted octanol–water partition coefficient (Wildman–Crippen LogP) is 2.77. The summed E-state index contributed by atoms with van der Waals surface area (Å²) in [5.74, 6) is 0.100. The van der Waals surface area contributed by atoms with Crippen molar-refractivity contribution in [1.82, 2.24) is 15.1 Å². The highest BCUT2D eigenvalue weighted by molar-refractivity contribution is 5.98. The summed E-state index contributed by atoms with van der Waals surface area (Å²) in [6, 6.07) is 7.46. The Balaban J connectivity index is 2.13. The average Bonchev–Trinajstić information content (AvgIpc) is 2.67. The van der Waals surface area contributed by atoms with E-state index >= 15 is 0 Å². The smallest absolute Gasteiger partial charge is 0.254 e. The van der Waals surface area contributed by atoms with Crippen molar-refractivity contribution in [1.29, 1.82) is 0 Å². The first-order valence-electron chi connectivity index (χ1n) is 9.53. The third-order valence-corrected chi connectivity index (χ3v) is 4.90. The third-order valence-electron chi connectivity index (χ3n) is 4.90. The van der Waals surface area contributed by atoms with Gasteiger partial charge in [-0.2, -0.15) is 0 Å². The maximum Gasteiger partial charge on any atom is 0.254 e. The number of benzene rings is 1. The van der Waals surface area contributed by atoms with Gasteiger partial charge in [0.15, 0.2) is 0 Å². The standard InChI is InChI=1S/C20H31N3O2/c1-4-15-23(18-11-13-21-14-12-18)20(25)17-9-7-16(8-10-17)19(24)22(5-2)6-3/h7-10,18,21H,4-6,11-15H2,1-3H3. The molecule has 1 aliphatic rings. The minimum atomic E-state index is 0.0211. The van der Waals surface area contributed by atoms with E-state index in [0.717, 1.165) is 38.9 Å². The molecule has 1 heterocycles. The fourth-order valence-electron chi connectivity index (χ4n) is 3.42. The van der Waals surface area contributed by atoms with Gasteiger partial charge in [-0.1, -0.05) is 6.92 Å². The third kappa shape index (κ3) is 4.82. The summed E-state index contributed by atoms with van der Waals surface area (Å²) in [7, 11) is 0. The normalized spacial score (nSPS) is 15.0. The van der Waals surface area contributed by atoms with Gasteiger partial charge in [-0.25, -0.2) is 0 Å². The molecule has 1 aromatic rings. The lowest BCUT2D eigenvalue weighted by molar-refractivity contribution is 0.0641. The van der Waals surface area contributed by atoms with Gasteiger partial charge in [0.05, 0.1) is 0 Å². The number of hydrogen-bond acceptors (Lipinski definition) is 3. The molecule has 1 aliphatic heterocycles. The number of nitrogens with one attached hydrogen (secondary N) is 1. The topological polar surface area (TPSA) is 52.7 Å². The lowest BCUT2D eigenvalue weighted by Gasteiger charge is -2.34. The van der Waals surface area contributed by atoms with Gasteiger partial charge < -0.3 is 15.1 Å². The monoisotopic (exact) mass is 345 g/mol. The highest BCUT2D eigenvalue weighted by Gasteiger charge is 2.25. The molecule has 1 saturated heterocycles. The largest absolute Gasteiger partial charge is 0.339 e. The Morgan fingerprint density at radius 1 is 0.960 bits per heavy atom. The Labute approximate surface area is 151 Å². The van der Waals surface area contributed by atoms with Crippen molar-refractivity contribution < 1.29 is 9.59 Å². The molecule has 5 nitrogen and oxygen atoms in total. The zero-order chi connectivity index (χ0) is 18.2. The number of amides is 2. The molecule has 0 saturated carbocycles. The minimum absolute atomic E-state index is 0.0211. The van der Waals surface area contributed by atoms with E-state index in [0.29, 0.717) is 30.3 Å². The number of hydrogen-bond donors (Lipinski definition) is 1. The second-order valence-corrected chi connectivity index (χ2v) is 6.53. The second kappa shape index (κ2) is 9.56. The summed E-state index contributed by atoms with van der Waals surface area (Å²) in [5.41, 5.74) is 1.31. The summed E-state index contributed by atoms with van der Waals surface area (Å²) in [6.45, 7) is 10.1. The van der Waals surface area contributed by atoms with Crippen LogP contribution in [0.2, 0.25) is 0 Å². The van der Waals surface area contributed by atoms with Crippen LogP contribution in [0.3, 0.4) is 0 Å². The van der Waals surface area contributed by atoms with Crippen molar-refractivity contribution in [2.45, 2.75) is 46.1 Å². The van der Waals surface area contributed by atoms with Crippen LogP contribution in [0.4, 0.5) is 0 Å². The molecule has 138 valence electrons. The van der Waals surface area contributed by atoms with Crippen LogP contribution in [0.1, 0.15) is 60.7 Å². The fourth-order valence-corrected chi connectivity index (χ4v) is 3.42. The Bertz CT molecular complexity index is 561. The summed E-state index contributed by atoms with van der Waals surface area (Å²) in [4.78, 5) is 29.2. The number of carbonyl (C=O) groups is 2. The molecule has 2 amide bonds. The first-order chi connectivity index (χ1) is 12.1. The number of piperidine rings is 1. The molecule has 0 spiro atoms. The highest BCUT2D eigenvalue weighted by atomic mass is 16.2. The molecule has 0 unspecified atom stereocenters. The van der Waals surface area contributed by atoms with E-state index in [9.17, 15) is 9.59 Å². The Morgan fingerprint density at radius 2 is 1.48 bits per heavy atom. The van der Waals surface area contributed by atoms with Crippen LogP contribution >= 0.6 is 0 Å². The summed E-state index contributed by atoms with van der Waals surface area (Å²) < 4.78 is 0. The second-order valence-electron chi connectivity index (χ2n) is 6.53. The van der Waals surface area contributed by atoms with Crippen molar-refractivity contribution in [3.63, 3.8) is 0 Å². The predicted molar refractivity (Wildman–Crippen MR) is 101 cm³/mol. The molecule has 0 radical (unpaired) electrons. The van der Waals surface area contributed by atoms with Crippen molar-refractivity contribution in [2.24, 2.45) is 0 Å². The van der Waals surface area contributed by atoms with Crippen molar-refractivity contribution in [3.8, 4) is 0 Å². The molecule has 0 atom stereocenters. The molecule has 0 aliphatic carbocycles. The minimum Gasteiger partial charge on any atom is -0.339 e. The quantitative estimate of drug-likeness (QED) is 0.827. The van der Waals surface area contributed by atoms with Crippen LogP contribution in [0.25, 0.3) is 0 Å². The molecule has 0 bridgehead atoms. The summed E-state index contributed by atoms with van der Waals surface area (Å²) in [5, 5.41) is 3.35. The SMILES string of the molecule is CCCN(C(=O)c1ccc(C(=O)N(CC)CC)cc1)C1CCNCC1. The molecular formula is C20H31N3O2. The maximum atomic E-state index is 13.0. The van der Waals surface area contributed by atoms with Gasteiger partial charge >= 0.3 is 0 Å². The van der Waals surface area contributed by atoms with Crippen LogP contribution < -0.4 is 5.32 Å². The number of carbonyl (C=O) groups excluding carboxylic acids is 2. The van der Waals surface area contributed by atoms with Gasteiger partial charge in [-0.3, -0.25) is 9.59 Å². The number of nitrogens with zero attached hydrogens (tertiary/aromatic N) is 2. The first kappa shape index (κ1) is 19.4. The van der Waals surface area contributed by atoms with Gasteiger partial charge in [0.2, 0.25) is 0 Å². The van der Waals surface area contributed by atoms with Gasteiger partial charge in [0, 0.05) is 36.8 Å². The molecule has 5 heteroatoms. The Kier molecular flexibility index (Phi) is 7.44. The van der Waals surface area contributed by atoms with E-state index < -0.39 is 0 Å². The first-order valence-corrected chi connectivity index (χ1v) is 9.53. The average molecular weight is 345 g/mol. The van der Waals surface area contributed by atoms with E-state index in [2.05, 4.69) is 12.2 Å². The van der Waals surface area contributed by atoms with Gasteiger partial charge in [-0.15, -0.1) is 0 Å². The van der Waals surface area contributed by atoms with E-state index in [4.69, 9.17) is 0 Å². The highest BCUT2D eigenvalue weighted by Crippen LogP contribution is 2.17. The number of rotatable bonds is 7. The van der Waals surface area contributed by atoms with Crippen molar-refractivity contribution in [2.75, 3.05) is 32.7 Å². The molecule has 0 aromatic heterocycles. The van der Waals surface area contributed by atoms with Gasteiger partial charge in [-0.05, 0) is 70.5 Å². The van der Waals surface area contributed by atoms with Crippen LogP contribution in [-0.4, -0.2) is 60.4 Å². The molecule has 1 fully saturated rings.